The average Bonchev–Trinajstić information content (AvgIpc) is 2.07. The Labute approximate surface area is 72.4 Å². The minimum Gasteiger partial charge on any atom is -0.0988 e. The summed E-state index contributed by atoms with van der Waals surface area (Å²) in [4.78, 5) is 0. The van der Waals surface area contributed by atoms with Crippen LogP contribution in [-0.2, 0) is 0 Å². The second-order valence-electron chi connectivity index (χ2n) is 2.01. The van der Waals surface area contributed by atoms with Gasteiger partial charge in [-0.15, -0.1) is 0 Å². The van der Waals surface area contributed by atoms with Crippen LogP contribution in [0.1, 0.15) is 35.3 Å². The molecule has 0 bridgehead atoms. The predicted molar refractivity (Wildman–Crippen MR) is 48.0 cm³/mol. The van der Waals surface area contributed by atoms with Crippen LogP contribution in [0.3, 0.4) is 0 Å². The molecule has 0 aromatic carbocycles. The van der Waals surface area contributed by atoms with Crippen molar-refractivity contribution in [3.05, 3.63) is 36.0 Å². The van der Waals surface area contributed by atoms with Gasteiger partial charge in [-0.25, -0.2) is 0 Å². The lowest BCUT2D eigenvalue weighted by Gasteiger charge is -1.89. The molecule has 0 aliphatic carbocycles. The Kier molecular flexibility index (Phi) is 1.55. The molecule has 0 spiro atoms. The van der Waals surface area contributed by atoms with Crippen LogP contribution in [0.2, 0.25) is 0 Å². The standard InChI is InChI=1S/C10H16/c1-5-10(4)8-6-7-9(2)3/h5,7-8H,1,6H2,2-4H3/b10-8+/i2D3,3D3. The summed E-state index contributed by atoms with van der Waals surface area (Å²) in [6, 6.07) is 0. The summed E-state index contributed by atoms with van der Waals surface area (Å²) >= 11 is 0. The summed E-state index contributed by atoms with van der Waals surface area (Å²) in [6.45, 7) is 0.219. The fraction of sp³-hybridized carbons (Fsp3) is 0.400. The molecule has 0 fully saturated rings. The average molecular weight is 142 g/mol. The smallest absolute Gasteiger partial charge is 0.0276 e. The molecule has 10 heavy (non-hydrogen) atoms. The summed E-state index contributed by atoms with van der Waals surface area (Å²) in [6.07, 6.45) is 4.87. The molecular formula is C10H16. The van der Waals surface area contributed by atoms with Crippen molar-refractivity contribution in [1.82, 2.24) is 0 Å². The quantitative estimate of drug-likeness (QED) is 0.418. The van der Waals surface area contributed by atoms with Crippen molar-refractivity contribution in [1.29, 1.82) is 0 Å². The number of hydrogen-bond donors (Lipinski definition) is 0. The molecule has 0 aliphatic heterocycles. The van der Waals surface area contributed by atoms with Crippen molar-refractivity contribution in [3.8, 4) is 0 Å². The third kappa shape index (κ3) is 5.36. The highest BCUT2D eigenvalue weighted by Gasteiger charge is 1.78. The molecule has 0 unspecified atom stereocenters. The van der Waals surface area contributed by atoms with Crippen LogP contribution in [0, 0.1) is 0 Å². The van der Waals surface area contributed by atoms with E-state index in [1.165, 1.54) is 6.08 Å². The Balaban J connectivity index is 4.95. The second kappa shape index (κ2) is 5.04. The molecule has 56 valence electrons. The van der Waals surface area contributed by atoms with Gasteiger partial charge in [0, 0.05) is 8.22 Å². The van der Waals surface area contributed by atoms with Crippen molar-refractivity contribution in [2.24, 2.45) is 0 Å². The first-order valence-corrected chi connectivity index (χ1v) is 3.09. The van der Waals surface area contributed by atoms with Gasteiger partial charge < -0.3 is 0 Å². The molecule has 0 heterocycles. The maximum atomic E-state index is 7.14. The molecule has 0 amide bonds. The van der Waals surface area contributed by atoms with E-state index in [2.05, 4.69) is 6.58 Å². The molecule has 0 atom stereocenters. The first-order valence-electron chi connectivity index (χ1n) is 6.09. The van der Waals surface area contributed by atoms with Crippen molar-refractivity contribution in [3.63, 3.8) is 0 Å². The van der Waals surface area contributed by atoms with E-state index in [0.717, 1.165) is 5.57 Å². The van der Waals surface area contributed by atoms with Crippen molar-refractivity contribution in [2.45, 2.75) is 27.0 Å². The Morgan fingerprint density at radius 3 is 2.70 bits per heavy atom. The lowest BCUT2D eigenvalue weighted by molar-refractivity contribution is 1.26. The molecular weight excluding hydrogens is 120 g/mol. The molecule has 0 saturated heterocycles. The van der Waals surface area contributed by atoms with Crippen LogP contribution < -0.4 is 0 Å². The van der Waals surface area contributed by atoms with Gasteiger partial charge in [0.25, 0.3) is 0 Å². The Morgan fingerprint density at radius 2 is 2.20 bits per heavy atom. The molecule has 0 rings (SSSR count). The Hall–Kier alpha value is -0.780. The topological polar surface area (TPSA) is 0 Å². The van der Waals surface area contributed by atoms with E-state index in [9.17, 15) is 0 Å². The third-order valence-corrected chi connectivity index (χ3v) is 1.08. The molecule has 0 heteroatoms. The summed E-state index contributed by atoms with van der Waals surface area (Å²) in [5.74, 6) is 0. The van der Waals surface area contributed by atoms with Gasteiger partial charge in [0.1, 0.15) is 0 Å². The number of hydrogen-bond acceptors (Lipinski definition) is 0. The highest BCUT2D eigenvalue weighted by atomic mass is 13.8. The van der Waals surface area contributed by atoms with Crippen LogP contribution in [0.5, 0.6) is 0 Å². The van der Waals surface area contributed by atoms with E-state index < -0.39 is 19.3 Å². The molecule has 0 radical (unpaired) electrons. The number of allylic oxidation sites excluding steroid dienone is 5. The molecule has 0 nitrogen and oxygen atoms in total. The largest absolute Gasteiger partial charge is 0.0988 e. The zero-order valence-corrected chi connectivity index (χ0v) is 6.15. The van der Waals surface area contributed by atoms with Gasteiger partial charge in [-0.05, 0) is 27.0 Å². The highest BCUT2D eigenvalue weighted by Crippen LogP contribution is 1.99. The predicted octanol–water partition coefficient (Wildman–Crippen LogP) is 3.48. The van der Waals surface area contributed by atoms with E-state index in [1.807, 2.05) is 6.92 Å². The summed E-state index contributed by atoms with van der Waals surface area (Å²) in [5, 5.41) is 0. The molecule has 0 saturated carbocycles. The Bertz CT molecular complexity index is 286. The summed E-state index contributed by atoms with van der Waals surface area (Å²) in [7, 11) is 0. The maximum Gasteiger partial charge on any atom is 0.0276 e. The lowest BCUT2D eigenvalue weighted by atomic mass is 10.2. The van der Waals surface area contributed by atoms with Crippen molar-refractivity contribution >= 4 is 0 Å². The normalized spacial score (nSPS) is 22.3. The van der Waals surface area contributed by atoms with E-state index in [1.54, 1.807) is 12.2 Å². The fourth-order valence-corrected chi connectivity index (χ4v) is 0.446. The maximum absolute atomic E-state index is 7.14. The molecule has 0 aromatic heterocycles. The van der Waals surface area contributed by atoms with E-state index in [4.69, 9.17) is 8.22 Å². The van der Waals surface area contributed by atoms with Crippen molar-refractivity contribution < 1.29 is 8.22 Å². The van der Waals surface area contributed by atoms with E-state index >= 15 is 0 Å². The first kappa shape index (κ1) is 3.08. The van der Waals surface area contributed by atoms with E-state index in [-0.39, 0.29) is 6.42 Å². The van der Waals surface area contributed by atoms with E-state index in [0.29, 0.717) is 0 Å². The van der Waals surface area contributed by atoms with Gasteiger partial charge in [-0.3, -0.25) is 0 Å². The highest BCUT2D eigenvalue weighted by molar-refractivity contribution is 5.14. The second-order valence-corrected chi connectivity index (χ2v) is 2.01. The van der Waals surface area contributed by atoms with Crippen LogP contribution in [0.15, 0.2) is 36.0 Å². The molecule has 0 aliphatic rings. The molecule has 0 aromatic rings. The monoisotopic (exact) mass is 142 g/mol. The van der Waals surface area contributed by atoms with Crippen LogP contribution in [0.4, 0.5) is 0 Å². The zero-order valence-electron chi connectivity index (χ0n) is 12.1. The van der Waals surface area contributed by atoms with Gasteiger partial charge >= 0.3 is 0 Å². The minimum atomic E-state index is -2.57. The first-order chi connectivity index (χ1) is 7.09. The van der Waals surface area contributed by atoms with Crippen molar-refractivity contribution in [2.75, 3.05) is 0 Å². The minimum absolute atomic E-state index is 0.282. The Morgan fingerprint density at radius 1 is 1.50 bits per heavy atom. The summed E-state index contributed by atoms with van der Waals surface area (Å²) in [5.41, 5.74) is 0.403. The third-order valence-electron chi connectivity index (χ3n) is 1.08. The number of rotatable bonds is 3. The summed E-state index contributed by atoms with van der Waals surface area (Å²) < 4.78 is 42.8. The zero-order chi connectivity index (χ0) is 13.0. The van der Waals surface area contributed by atoms with Crippen LogP contribution in [-0.4, -0.2) is 0 Å². The van der Waals surface area contributed by atoms with Gasteiger partial charge in [0.05, 0.1) is 0 Å². The van der Waals surface area contributed by atoms with Gasteiger partial charge in [-0.1, -0.05) is 36.0 Å². The van der Waals surface area contributed by atoms with Gasteiger partial charge in [-0.2, -0.15) is 0 Å². The SMILES string of the molecule is [2H]C([2H])([2H])C(=CC/C=C(\C)C=C)C([2H])([2H])[2H]. The van der Waals surface area contributed by atoms with Gasteiger partial charge in [0.2, 0.25) is 0 Å². The van der Waals surface area contributed by atoms with Crippen LogP contribution >= 0.6 is 0 Å². The molecule has 0 N–H and O–H groups in total. The van der Waals surface area contributed by atoms with Gasteiger partial charge in [0.15, 0.2) is 0 Å². The van der Waals surface area contributed by atoms with Crippen LogP contribution in [0.25, 0.3) is 0 Å². The lowest BCUT2D eigenvalue weighted by Crippen LogP contribution is -1.68. The fourth-order valence-electron chi connectivity index (χ4n) is 0.446.